The number of hydrogen-bond acceptors (Lipinski definition) is 6. The minimum atomic E-state index is -3.45. The van der Waals surface area contributed by atoms with Crippen molar-refractivity contribution >= 4 is 26.7 Å². The van der Waals surface area contributed by atoms with Gasteiger partial charge in [-0.3, -0.25) is 4.72 Å². The highest BCUT2D eigenvalue weighted by atomic mass is 32.2. The molecule has 190 valence electrons. The Kier molecular flexibility index (Phi) is 7.53. The summed E-state index contributed by atoms with van der Waals surface area (Å²) in [5, 5.41) is 0.588. The zero-order valence-corrected chi connectivity index (χ0v) is 20.7. The van der Waals surface area contributed by atoms with Gasteiger partial charge < -0.3 is 19.2 Å². The molecule has 36 heavy (non-hydrogen) atoms. The number of methoxy groups -OCH3 is 2. The van der Waals surface area contributed by atoms with Gasteiger partial charge in [0.25, 0.3) is 0 Å². The third kappa shape index (κ3) is 5.48. The number of anilines is 1. The Bertz CT molecular complexity index is 1490. The third-order valence-corrected chi connectivity index (χ3v) is 6.09. The number of halogens is 2. The Morgan fingerprint density at radius 1 is 1.08 bits per heavy atom. The first-order valence-electron chi connectivity index (χ1n) is 10.9. The van der Waals surface area contributed by atoms with E-state index in [9.17, 15) is 12.8 Å². The van der Waals surface area contributed by atoms with Gasteiger partial charge >= 0.3 is 0 Å². The van der Waals surface area contributed by atoms with E-state index in [0.29, 0.717) is 33.4 Å². The highest BCUT2D eigenvalue weighted by Crippen LogP contribution is 2.37. The summed E-state index contributed by atoms with van der Waals surface area (Å²) in [6, 6.07) is 11.0. The van der Waals surface area contributed by atoms with E-state index in [2.05, 4.69) is 14.7 Å². The second-order valence-corrected chi connectivity index (χ2v) is 9.80. The summed E-state index contributed by atoms with van der Waals surface area (Å²) in [6.07, 6.45) is 3.18. The Hall–Kier alpha value is -3.54. The fourth-order valence-corrected chi connectivity index (χ4v) is 4.47. The lowest BCUT2D eigenvalue weighted by Crippen LogP contribution is -2.11. The first-order chi connectivity index (χ1) is 17.2. The molecule has 0 aliphatic carbocycles. The van der Waals surface area contributed by atoms with Crippen LogP contribution in [0.15, 0.2) is 54.9 Å². The molecule has 11 heteroatoms. The predicted octanol–water partition coefficient (Wildman–Crippen LogP) is 4.64. The molecule has 2 aromatic heterocycles. The molecule has 0 aliphatic rings. The number of sulfonamides is 1. The molecule has 2 heterocycles. The van der Waals surface area contributed by atoms with E-state index in [0.717, 1.165) is 12.3 Å². The Balaban J connectivity index is 1.76. The van der Waals surface area contributed by atoms with Gasteiger partial charge in [-0.1, -0.05) is 12.1 Å². The van der Waals surface area contributed by atoms with Crippen molar-refractivity contribution in [3.63, 3.8) is 0 Å². The summed E-state index contributed by atoms with van der Waals surface area (Å²) in [6.45, 7) is 0.349. The molecule has 0 saturated heterocycles. The van der Waals surface area contributed by atoms with Crippen molar-refractivity contribution in [2.45, 2.75) is 6.10 Å². The van der Waals surface area contributed by atoms with Crippen LogP contribution in [0.5, 0.6) is 5.75 Å². The average molecular weight is 518 g/mol. The van der Waals surface area contributed by atoms with E-state index in [1.165, 1.54) is 20.3 Å². The highest BCUT2D eigenvalue weighted by Gasteiger charge is 2.27. The lowest BCUT2D eigenvalue weighted by molar-refractivity contribution is 0.126. The molecule has 0 fully saturated rings. The molecular formula is C25H25F2N3O5S. The number of ether oxygens (including phenoxy) is 3. The number of aromatic nitrogens is 2. The van der Waals surface area contributed by atoms with E-state index in [1.54, 1.807) is 42.7 Å². The van der Waals surface area contributed by atoms with Crippen molar-refractivity contribution < 1.29 is 31.4 Å². The molecule has 0 saturated carbocycles. The number of fused-ring (bicyclic) bond motifs is 1. The largest absolute Gasteiger partial charge is 0.488 e. The first kappa shape index (κ1) is 25.5. The van der Waals surface area contributed by atoms with Crippen molar-refractivity contribution in [1.29, 1.82) is 0 Å². The van der Waals surface area contributed by atoms with Gasteiger partial charge in [0, 0.05) is 48.8 Å². The number of H-pyrrole nitrogens is 1. The smallest absolute Gasteiger partial charge is 0.229 e. The summed E-state index contributed by atoms with van der Waals surface area (Å²) in [4.78, 5) is 7.44. The standard InChI is InChI=1S/C25H25F2N3O5S/c1-33-9-10-35-21-8-7-20(26)22(23(21)27)24(34-2)19-14-29-25-18(19)12-16(13-28-25)15-5-4-6-17(11-15)30-36(3,31)32/h4-8,11-14,24,30H,9-10H2,1-3H3,(H,28,29). The normalized spacial score (nSPS) is 12.6. The number of nitrogens with zero attached hydrogens (tertiary/aromatic N) is 1. The summed E-state index contributed by atoms with van der Waals surface area (Å²) >= 11 is 0. The van der Waals surface area contributed by atoms with Crippen LogP contribution in [0.1, 0.15) is 17.2 Å². The topological polar surface area (TPSA) is 103 Å². The second-order valence-electron chi connectivity index (χ2n) is 8.05. The second kappa shape index (κ2) is 10.6. The number of hydrogen-bond donors (Lipinski definition) is 2. The van der Waals surface area contributed by atoms with Crippen LogP contribution in [0.4, 0.5) is 14.5 Å². The van der Waals surface area contributed by atoms with Gasteiger partial charge in [-0.2, -0.15) is 0 Å². The quantitative estimate of drug-likeness (QED) is 0.297. The zero-order valence-electron chi connectivity index (χ0n) is 19.8. The molecule has 0 bridgehead atoms. The third-order valence-electron chi connectivity index (χ3n) is 5.48. The maximum absolute atomic E-state index is 15.3. The lowest BCUT2D eigenvalue weighted by Gasteiger charge is -2.19. The minimum absolute atomic E-state index is 0.101. The summed E-state index contributed by atoms with van der Waals surface area (Å²) in [7, 11) is -0.594. The molecule has 1 atom stereocenters. The van der Waals surface area contributed by atoms with E-state index < -0.39 is 27.8 Å². The van der Waals surface area contributed by atoms with Crippen LogP contribution in [0.3, 0.4) is 0 Å². The van der Waals surface area contributed by atoms with E-state index in [1.807, 2.05) is 0 Å². The molecule has 2 aromatic carbocycles. The van der Waals surface area contributed by atoms with Crippen molar-refractivity contribution in [3.8, 4) is 16.9 Å². The summed E-state index contributed by atoms with van der Waals surface area (Å²) in [5.41, 5.74) is 2.44. The molecule has 0 spiro atoms. The van der Waals surface area contributed by atoms with E-state index in [-0.39, 0.29) is 24.5 Å². The molecule has 2 N–H and O–H groups in total. The van der Waals surface area contributed by atoms with Gasteiger partial charge in [-0.15, -0.1) is 0 Å². The maximum Gasteiger partial charge on any atom is 0.229 e. The number of rotatable bonds is 10. The molecular weight excluding hydrogens is 492 g/mol. The van der Waals surface area contributed by atoms with Gasteiger partial charge in [-0.05, 0) is 35.9 Å². The molecule has 0 amide bonds. The van der Waals surface area contributed by atoms with Crippen LogP contribution in [0, 0.1) is 11.6 Å². The summed E-state index contributed by atoms with van der Waals surface area (Å²) in [5.74, 6) is -1.76. The van der Waals surface area contributed by atoms with Crippen molar-refractivity contribution in [3.05, 3.63) is 77.6 Å². The predicted molar refractivity (Wildman–Crippen MR) is 133 cm³/mol. The minimum Gasteiger partial charge on any atom is -0.488 e. The van der Waals surface area contributed by atoms with Crippen LogP contribution in [-0.4, -0.2) is 52.1 Å². The van der Waals surface area contributed by atoms with E-state index >= 15 is 4.39 Å². The lowest BCUT2D eigenvalue weighted by atomic mass is 9.98. The van der Waals surface area contributed by atoms with Crippen LogP contribution < -0.4 is 9.46 Å². The van der Waals surface area contributed by atoms with Crippen molar-refractivity contribution in [2.75, 3.05) is 38.4 Å². The SMILES string of the molecule is COCCOc1ccc(F)c(C(OC)c2c[nH]c3ncc(-c4cccc(NS(C)(=O)=O)c4)cc23)c1F. The fraction of sp³-hybridized carbons (Fsp3) is 0.240. The Morgan fingerprint density at radius 2 is 1.89 bits per heavy atom. The van der Waals surface area contributed by atoms with Gasteiger partial charge in [0.15, 0.2) is 11.6 Å². The van der Waals surface area contributed by atoms with Gasteiger partial charge in [-0.25, -0.2) is 22.2 Å². The number of benzene rings is 2. The summed E-state index contributed by atoms with van der Waals surface area (Å²) < 4.78 is 71.8. The molecule has 0 aliphatic heterocycles. The average Bonchev–Trinajstić information content (AvgIpc) is 3.25. The van der Waals surface area contributed by atoms with E-state index in [4.69, 9.17) is 14.2 Å². The Labute approximate surface area is 207 Å². The monoisotopic (exact) mass is 517 g/mol. The number of aromatic amines is 1. The van der Waals surface area contributed by atoms with Crippen LogP contribution in [0.2, 0.25) is 0 Å². The zero-order chi connectivity index (χ0) is 25.9. The Morgan fingerprint density at radius 3 is 2.61 bits per heavy atom. The molecule has 4 aromatic rings. The first-order valence-corrected chi connectivity index (χ1v) is 12.8. The molecule has 8 nitrogen and oxygen atoms in total. The van der Waals surface area contributed by atoms with Crippen LogP contribution in [0.25, 0.3) is 22.2 Å². The van der Waals surface area contributed by atoms with Gasteiger partial charge in [0.05, 0.1) is 18.4 Å². The molecule has 1 unspecified atom stereocenters. The van der Waals surface area contributed by atoms with Crippen molar-refractivity contribution in [1.82, 2.24) is 9.97 Å². The highest BCUT2D eigenvalue weighted by molar-refractivity contribution is 7.92. The van der Waals surface area contributed by atoms with Crippen LogP contribution in [-0.2, 0) is 19.5 Å². The van der Waals surface area contributed by atoms with Crippen LogP contribution >= 0.6 is 0 Å². The molecule has 4 rings (SSSR count). The number of nitrogens with one attached hydrogen (secondary N) is 2. The van der Waals surface area contributed by atoms with Gasteiger partial charge in [0.1, 0.15) is 24.2 Å². The molecule has 0 radical (unpaired) electrons. The fourth-order valence-electron chi connectivity index (χ4n) is 3.91. The van der Waals surface area contributed by atoms with Crippen molar-refractivity contribution in [2.24, 2.45) is 0 Å². The number of pyridine rings is 1. The maximum atomic E-state index is 15.3. The van der Waals surface area contributed by atoms with Gasteiger partial charge in [0.2, 0.25) is 10.0 Å².